The third-order valence-corrected chi connectivity index (χ3v) is 0.183. The molecule has 0 bridgehead atoms. The molecule has 9 heavy (non-hydrogen) atoms. The van der Waals surface area contributed by atoms with Crippen molar-refractivity contribution >= 4 is 24.3 Å². The Labute approximate surface area is 56.3 Å². The number of rotatable bonds is 0. The minimum atomic E-state index is -1.82. The minimum absolute atomic E-state index is 0. The third kappa shape index (κ3) is 19.1. The van der Waals surface area contributed by atoms with E-state index < -0.39 is 11.9 Å². The first kappa shape index (κ1) is 15.7. The molecule has 0 heterocycles. The lowest BCUT2D eigenvalue weighted by Crippen LogP contribution is -2.09. The zero-order valence-corrected chi connectivity index (χ0v) is 4.96. The largest absolute Gasteiger partial charge is 0.473 e. The van der Waals surface area contributed by atoms with Crippen molar-refractivity contribution in [2.75, 3.05) is 0 Å². The molecular formula is C2H6ClNO5. The van der Waals surface area contributed by atoms with Crippen LogP contribution >= 0.6 is 12.4 Å². The standard InChI is InChI=1S/C2H2O4.ClH.H3NO/c3-1(4)2(5)6;;1-2/h(H,3,4)(H,5,6);1H;2H,1H2. The number of carbonyl (C=O) groups is 2. The number of carboxylic acids is 2. The van der Waals surface area contributed by atoms with E-state index in [1.807, 2.05) is 0 Å². The minimum Gasteiger partial charge on any atom is -0.473 e. The summed E-state index contributed by atoms with van der Waals surface area (Å²) in [7, 11) is 0. The molecule has 0 spiro atoms. The quantitative estimate of drug-likeness (QED) is 0.263. The summed E-state index contributed by atoms with van der Waals surface area (Å²) in [6.07, 6.45) is 0. The highest BCUT2D eigenvalue weighted by Crippen LogP contribution is 1.56. The molecule has 5 N–H and O–H groups in total. The van der Waals surface area contributed by atoms with E-state index in [-0.39, 0.29) is 12.4 Å². The monoisotopic (exact) mass is 159 g/mol. The van der Waals surface area contributed by atoms with E-state index in [9.17, 15) is 0 Å². The summed E-state index contributed by atoms with van der Waals surface area (Å²) < 4.78 is 0. The summed E-state index contributed by atoms with van der Waals surface area (Å²) in [5.74, 6) is -0.148. The Bertz CT molecular complexity index is 81.0. The molecule has 0 saturated heterocycles. The maximum absolute atomic E-state index is 9.10. The van der Waals surface area contributed by atoms with Gasteiger partial charge in [-0.1, -0.05) is 0 Å². The van der Waals surface area contributed by atoms with E-state index in [1.54, 1.807) is 0 Å². The number of carboxylic acid groups (broad SMARTS) is 2. The molecule has 0 aliphatic heterocycles. The summed E-state index contributed by atoms with van der Waals surface area (Å²) in [6, 6.07) is 0. The second-order valence-corrected chi connectivity index (χ2v) is 0.610. The highest BCUT2D eigenvalue weighted by atomic mass is 35.5. The summed E-state index contributed by atoms with van der Waals surface area (Å²) in [6.45, 7) is 0. The number of hydrogen-bond donors (Lipinski definition) is 4. The molecule has 0 aromatic heterocycles. The molecule has 0 aliphatic carbocycles. The second-order valence-electron chi connectivity index (χ2n) is 0.610. The average Bonchev–Trinajstić information content (AvgIpc) is 1.72. The first-order valence-corrected chi connectivity index (χ1v) is 1.36. The average molecular weight is 160 g/mol. The number of hydrogen-bond acceptors (Lipinski definition) is 4. The molecule has 56 valence electrons. The predicted molar refractivity (Wildman–Crippen MR) is 28.5 cm³/mol. The van der Waals surface area contributed by atoms with Gasteiger partial charge in [0.2, 0.25) is 0 Å². The molecule has 0 fully saturated rings. The van der Waals surface area contributed by atoms with Crippen LogP contribution < -0.4 is 5.90 Å². The van der Waals surface area contributed by atoms with Crippen molar-refractivity contribution in [3.05, 3.63) is 0 Å². The highest BCUT2D eigenvalue weighted by molar-refractivity contribution is 6.27. The third-order valence-electron chi connectivity index (χ3n) is 0.183. The Morgan fingerprint density at radius 2 is 1.11 bits per heavy atom. The van der Waals surface area contributed by atoms with E-state index in [2.05, 4.69) is 5.90 Å². The van der Waals surface area contributed by atoms with E-state index >= 15 is 0 Å². The topological polar surface area (TPSA) is 121 Å². The van der Waals surface area contributed by atoms with Gasteiger partial charge in [0.1, 0.15) is 0 Å². The van der Waals surface area contributed by atoms with Gasteiger partial charge in [0, 0.05) is 0 Å². The first-order chi connectivity index (χ1) is 3.64. The Kier molecular flexibility index (Phi) is 17.8. The van der Waals surface area contributed by atoms with Crippen LogP contribution in [0.25, 0.3) is 0 Å². The molecule has 0 aliphatic rings. The van der Waals surface area contributed by atoms with Crippen LogP contribution in [-0.2, 0) is 9.59 Å². The fourth-order valence-corrected chi connectivity index (χ4v) is 0. The van der Waals surface area contributed by atoms with Crippen molar-refractivity contribution in [1.29, 1.82) is 0 Å². The zero-order chi connectivity index (χ0) is 7.15. The first-order valence-electron chi connectivity index (χ1n) is 1.36. The molecule has 0 radical (unpaired) electrons. The fraction of sp³-hybridized carbons (Fsp3) is 0. The Hall–Kier alpha value is -0.850. The summed E-state index contributed by atoms with van der Waals surface area (Å²) >= 11 is 0. The van der Waals surface area contributed by atoms with Crippen molar-refractivity contribution in [2.24, 2.45) is 5.90 Å². The zero-order valence-electron chi connectivity index (χ0n) is 4.14. The van der Waals surface area contributed by atoms with Gasteiger partial charge in [-0.3, -0.25) is 0 Å². The SMILES string of the molecule is Cl.NO.O=C(O)C(=O)O. The number of nitrogens with two attached hydrogens (primary N) is 1. The van der Waals surface area contributed by atoms with Gasteiger partial charge in [0.15, 0.2) is 0 Å². The van der Waals surface area contributed by atoms with Gasteiger partial charge in [-0.25, -0.2) is 15.5 Å². The predicted octanol–water partition coefficient (Wildman–Crippen LogP) is -1.09. The van der Waals surface area contributed by atoms with Crippen LogP contribution in [0.3, 0.4) is 0 Å². The normalized spacial score (nSPS) is 5.56. The van der Waals surface area contributed by atoms with Crippen molar-refractivity contribution < 1.29 is 25.0 Å². The van der Waals surface area contributed by atoms with Crippen LogP contribution in [0, 0.1) is 0 Å². The van der Waals surface area contributed by atoms with Crippen LogP contribution in [0.15, 0.2) is 0 Å². The Morgan fingerprint density at radius 3 is 1.11 bits per heavy atom. The molecule has 0 aromatic carbocycles. The second kappa shape index (κ2) is 10.2. The van der Waals surface area contributed by atoms with Crippen molar-refractivity contribution in [2.45, 2.75) is 0 Å². The van der Waals surface area contributed by atoms with Crippen LogP contribution in [0.1, 0.15) is 0 Å². The molecule has 0 amide bonds. The van der Waals surface area contributed by atoms with Crippen LogP contribution in [0.4, 0.5) is 0 Å². The van der Waals surface area contributed by atoms with Crippen LogP contribution in [0.2, 0.25) is 0 Å². The molecule has 6 nitrogen and oxygen atoms in total. The summed E-state index contributed by atoms with van der Waals surface area (Å²) in [4.78, 5) is 18.2. The van der Waals surface area contributed by atoms with Crippen LogP contribution in [-0.4, -0.2) is 27.4 Å². The van der Waals surface area contributed by atoms with E-state index in [4.69, 9.17) is 25.0 Å². The van der Waals surface area contributed by atoms with Crippen molar-refractivity contribution in [3.63, 3.8) is 0 Å². The maximum Gasteiger partial charge on any atom is 0.414 e. The van der Waals surface area contributed by atoms with Gasteiger partial charge in [-0.2, -0.15) is 0 Å². The molecule has 0 unspecified atom stereocenters. The van der Waals surface area contributed by atoms with Crippen LogP contribution in [0.5, 0.6) is 0 Å². The summed E-state index contributed by atoms with van der Waals surface area (Å²) in [5.41, 5.74) is 0. The smallest absolute Gasteiger partial charge is 0.414 e. The lowest BCUT2D eigenvalue weighted by atomic mass is 10.7. The van der Waals surface area contributed by atoms with Gasteiger partial charge in [-0.05, 0) is 0 Å². The number of aliphatic carboxylic acids is 2. The molecule has 0 rings (SSSR count). The molecule has 7 heteroatoms. The lowest BCUT2D eigenvalue weighted by molar-refractivity contribution is -0.159. The number of halogens is 1. The van der Waals surface area contributed by atoms with Gasteiger partial charge >= 0.3 is 11.9 Å². The Morgan fingerprint density at radius 1 is 1.00 bits per heavy atom. The van der Waals surface area contributed by atoms with Crippen molar-refractivity contribution in [1.82, 2.24) is 0 Å². The van der Waals surface area contributed by atoms with Gasteiger partial charge in [0.25, 0.3) is 0 Å². The highest BCUT2D eigenvalue weighted by Gasteiger charge is 2.04. The molecule has 0 atom stereocenters. The fourth-order valence-electron chi connectivity index (χ4n) is 0. The van der Waals surface area contributed by atoms with E-state index in [0.717, 1.165) is 0 Å². The van der Waals surface area contributed by atoms with Gasteiger partial charge < -0.3 is 15.4 Å². The van der Waals surface area contributed by atoms with Gasteiger partial charge in [0.05, 0.1) is 0 Å². The lowest BCUT2D eigenvalue weighted by Gasteiger charge is -1.72. The molecule has 0 saturated carbocycles. The van der Waals surface area contributed by atoms with Gasteiger partial charge in [-0.15, -0.1) is 12.4 Å². The molecule has 0 aromatic rings. The van der Waals surface area contributed by atoms with E-state index in [0.29, 0.717) is 0 Å². The maximum atomic E-state index is 9.10. The Balaban J connectivity index is -0.000000109. The molecular weight excluding hydrogens is 153 g/mol. The van der Waals surface area contributed by atoms with Crippen molar-refractivity contribution in [3.8, 4) is 0 Å². The summed E-state index contributed by atoms with van der Waals surface area (Å²) in [5, 5.41) is 21.3. The van der Waals surface area contributed by atoms with E-state index in [1.165, 1.54) is 0 Å².